The molecule has 0 atom stereocenters. The molecule has 0 aliphatic heterocycles. The van der Waals surface area contributed by atoms with Crippen LogP contribution < -0.4 is 4.90 Å². The first-order valence-corrected chi connectivity index (χ1v) is 6.22. The van der Waals surface area contributed by atoms with E-state index in [1.54, 1.807) is 23.1 Å². The van der Waals surface area contributed by atoms with E-state index in [9.17, 15) is 9.90 Å². The lowest BCUT2D eigenvalue weighted by Gasteiger charge is -2.21. The largest absolute Gasteiger partial charge is 0.508 e. The molecule has 0 radical (unpaired) electrons. The summed E-state index contributed by atoms with van der Waals surface area (Å²) in [6, 6.07) is 6.75. The number of amides is 1. The van der Waals surface area contributed by atoms with Crippen molar-refractivity contribution in [3.8, 4) is 18.1 Å². The molecule has 1 amide bonds. The van der Waals surface area contributed by atoms with Gasteiger partial charge in [0, 0.05) is 31.1 Å². The molecule has 1 rings (SSSR count). The summed E-state index contributed by atoms with van der Waals surface area (Å²) in [6.45, 7) is 2.51. The first kappa shape index (κ1) is 14.1. The second-order valence-electron chi connectivity index (χ2n) is 4.07. The minimum absolute atomic E-state index is 0.0696. The zero-order valence-corrected chi connectivity index (χ0v) is 10.7. The number of anilines is 1. The summed E-state index contributed by atoms with van der Waals surface area (Å²) >= 11 is 0. The maximum Gasteiger partial charge on any atom is 0.226 e. The van der Waals surface area contributed by atoms with Gasteiger partial charge in [-0.05, 0) is 31.9 Å². The SMILES string of the molecule is C#CCCCCC(=O)N(CC)c1cccc(O)c1. The van der Waals surface area contributed by atoms with Gasteiger partial charge < -0.3 is 10.0 Å². The van der Waals surface area contributed by atoms with Gasteiger partial charge in [0.05, 0.1) is 0 Å². The lowest BCUT2D eigenvalue weighted by Crippen LogP contribution is -2.30. The number of carbonyl (C=O) groups is 1. The molecule has 0 heterocycles. The number of unbranched alkanes of at least 4 members (excludes halogenated alkanes) is 2. The molecule has 0 aliphatic rings. The van der Waals surface area contributed by atoms with Gasteiger partial charge in [0.2, 0.25) is 5.91 Å². The molecule has 3 nitrogen and oxygen atoms in total. The summed E-state index contributed by atoms with van der Waals surface area (Å²) in [5, 5.41) is 9.43. The summed E-state index contributed by atoms with van der Waals surface area (Å²) in [6.07, 6.45) is 8.05. The highest BCUT2D eigenvalue weighted by molar-refractivity contribution is 5.93. The number of hydrogen-bond donors (Lipinski definition) is 1. The molecule has 0 spiro atoms. The van der Waals surface area contributed by atoms with Gasteiger partial charge in [-0.25, -0.2) is 0 Å². The monoisotopic (exact) mass is 245 g/mol. The summed E-state index contributed by atoms with van der Waals surface area (Å²) in [7, 11) is 0. The molecule has 0 bridgehead atoms. The van der Waals surface area contributed by atoms with E-state index in [-0.39, 0.29) is 11.7 Å². The number of aromatic hydroxyl groups is 1. The average molecular weight is 245 g/mol. The van der Waals surface area contributed by atoms with Crippen LogP contribution in [0.3, 0.4) is 0 Å². The smallest absolute Gasteiger partial charge is 0.226 e. The van der Waals surface area contributed by atoms with E-state index < -0.39 is 0 Å². The number of carbonyl (C=O) groups excluding carboxylic acids is 1. The molecule has 1 aromatic carbocycles. The quantitative estimate of drug-likeness (QED) is 0.618. The third kappa shape index (κ3) is 4.14. The number of phenols is 1. The molecule has 0 fully saturated rings. The molecule has 0 aromatic heterocycles. The summed E-state index contributed by atoms with van der Waals surface area (Å²) in [5.74, 6) is 2.81. The zero-order chi connectivity index (χ0) is 13.4. The van der Waals surface area contributed by atoms with Crippen LogP contribution in [0.15, 0.2) is 24.3 Å². The van der Waals surface area contributed by atoms with E-state index in [1.165, 1.54) is 0 Å². The third-order valence-corrected chi connectivity index (χ3v) is 2.72. The van der Waals surface area contributed by atoms with Crippen LogP contribution in [0.1, 0.15) is 32.6 Å². The minimum atomic E-state index is 0.0696. The number of benzene rings is 1. The number of rotatable bonds is 6. The van der Waals surface area contributed by atoms with Crippen molar-refractivity contribution in [2.75, 3.05) is 11.4 Å². The maximum absolute atomic E-state index is 12.0. The van der Waals surface area contributed by atoms with Crippen molar-refractivity contribution in [3.63, 3.8) is 0 Å². The molecular weight excluding hydrogens is 226 g/mol. The van der Waals surface area contributed by atoms with Crippen molar-refractivity contribution in [1.82, 2.24) is 0 Å². The Labute approximate surface area is 108 Å². The van der Waals surface area contributed by atoms with Crippen molar-refractivity contribution in [2.45, 2.75) is 32.6 Å². The lowest BCUT2D eigenvalue weighted by atomic mass is 10.1. The van der Waals surface area contributed by atoms with Crippen LogP contribution in [0.4, 0.5) is 5.69 Å². The van der Waals surface area contributed by atoms with Gasteiger partial charge in [-0.2, -0.15) is 0 Å². The fraction of sp³-hybridized carbons (Fsp3) is 0.400. The van der Waals surface area contributed by atoms with Crippen LogP contribution in [-0.4, -0.2) is 17.6 Å². The Hall–Kier alpha value is -1.95. The van der Waals surface area contributed by atoms with Gasteiger partial charge in [-0.1, -0.05) is 6.07 Å². The molecule has 1 aromatic rings. The Morgan fingerprint density at radius 2 is 2.22 bits per heavy atom. The van der Waals surface area contributed by atoms with Gasteiger partial charge in [0.1, 0.15) is 5.75 Å². The van der Waals surface area contributed by atoms with Crippen LogP contribution in [0.25, 0.3) is 0 Å². The predicted octanol–water partition coefficient (Wildman–Crippen LogP) is 2.94. The van der Waals surface area contributed by atoms with E-state index in [1.807, 2.05) is 13.0 Å². The first-order chi connectivity index (χ1) is 8.69. The van der Waals surface area contributed by atoms with Gasteiger partial charge in [-0.15, -0.1) is 12.3 Å². The van der Waals surface area contributed by atoms with Crippen molar-refractivity contribution >= 4 is 11.6 Å². The van der Waals surface area contributed by atoms with Crippen LogP contribution in [0.5, 0.6) is 5.75 Å². The molecule has 0 saturated heterocycles. The molecule has 0 saturated carbocycles. The summed E-state index contributed by atoms with van der Waals surface area (Å²) in [5.41, 5.74) is 0.736. The molecule has 3 heteroatoms. The van der Waals surface area contributed by atoms with Gasteiger partial charge in [-0.3, -0.25) is 4.79 Å². The number of phenolic OH excluding ortho intramolecular Hbond substituents is 1. The number of terminal acetylenes is 1. The van der Waals surface area contributed by atoms with Crippen molar-refractivity contribution in [1.29, 1.82) is 0 Å². The lowest BCUT2D eigenvalue weighted by molar-refractivity contribution is -0.118. The van der Waals surface area contributed by atoms with E-state index in [4.69, 9.17) is 6.42 Å². The number of hydrogen-bond acceptors (Lipinski definition) is 2. The Morgan fingerprint density at radius 3 is 2.83 bits per heavy atom. The Morgan fingerprint density at radius 1 is 1.44 bits per heavy atom. The fourth-order valence-electron chi connectivity index (χ4n) is 1.80. The van der Waals surface area contributed by atoms with E-state index in [0.717, 1.165) is 18.5 Å². The minimum Gasteiger partial charge on any atom is -0.508 e. The third-order valence-electron chi connectivity index (χ3n) is 2.72. The summed E-state index contributed by atoms with van der Waals surface area (Å²) in [4.78, 5) is 13.7. The highest BCUT2D eigenvalue weighted by Crippen LogP contribution is 2.21. The highest BCUT2D eigenvalue weighted by atomic mass is 16.3. The molecule has 0 aliphatic carbocycles. The fourth-order valence-corrected chi connectivity index (χ4v) is 1.80. The molecule has 1 N–H and O–H groups in total. The average Bonchev–Trinajstić information content (AvgIpc) is 2.36. The van der Waals surface area contributed by atoms with E-state index in [0.29, 0.717) is 19.4 Å². The predicted molar refractivity (Wildman–Crippen MR) is 73.4 cm³/mol. The highest BCUT2D eigenvalue weighted by Gasteiger charge is 2.13. The van der Waals surface area contributed by atoms with Crippen molar-refractivity contribution in [3.05, 3.63) is 24.3 Å². The molecule has 0 unspecified atom stereocenters. The van der Waals surface area contributed by atoms with Gasteiger partial charge >= 0.3 is 0 Å². The second kappa shape index (κ2) is 7.39. The van der Waals surface area contributed by atoms with Crippen LogP contribution in [0.2, 0.25) is 0 Å². The molecule has 18 heavy (non-hydrogen) atoms. The number of nitrogens with zero attached hydrogens (tertiary/aromatic N) is 1. The van der Waals surface area contributed by atoms with Crippen LogP contribution in [-0.2, 0) is 4.79 Å². The van der Waals surface area contributed by atoms with Gasteiger partial charge in [0.15, 0.2) is 0 Å². The van der Waals surface area contributed by atoms with E-state index in [2.05, 4.69) is 5.92 Å². The second-order valence-corrected chi connectivity index (χ2v) is 4.07. The summed E-state index contributed by atoms with van der Waals surface area (Å²) < 4.78 is 0. The van der Waals surface area contributed by atoms with Gasteiger partial charge in [0.25, 0.3) is 0 Å². The van der Waals surface area contributed by atoms with Crippen molar-refractivity contribution in [2.24, 2.45) is 0 Å². The van der Waals surface area contributed by atoms with Crippen molar-refractivity contribution < 1.29 is 9.90 Å². The topological polar surface area (TPSA) is 40.5 Å². The molecular formula is C15H19NO2. The maximum atomic E-state index is 12.0. The Balaban J connectivity index is 2.60. The Bertz CT molecular complexity index is 434. The first-order valence-electron chi connectivity index (χ1n) is 6.22. The standard InChI is InChI=1S/C15H19NO2/c1-3-5-6-7-11-15(18)16(4-2)13-9-8-10-14(17)12-13/h1,8-10,12,17H,4-7,11H2,2H3. The zero-order valence-electron chi connectivity index (χ0n) is 10.7. The molecule has 96 valence electrons. The van der Waals surface area contributed by atoms with Crippen LogP contribution in [0, 0.1) is 12.3 Å². The van der Waals surface area contributed by atoms with Crippen LogP contribution >= 0.6 is 0 Å². The Kier molecular flexibility index (Phi) is 5.79. The normalized spacial score (nSPS) is 9.78. The van der Waals surface area contributed by atoms with E-state index >= 15 is 0 Å².